The number of ether oxygens (including phenoxy) is 2. The van der Waals surface area contributed by atoms with E-state index < -0.39 is 0 Å². The standard InChI is InChI=1S/C16H26ClN5O2/c1-4-5-8-11(2)24-15-20-13(18)12-14(21-15)22(10-7-6-9-17)16(19-12)23-3/h11H,4-10H2,1-3H3,(H2,18,20,21)/t11-/m0/s1. The van der Waals surface area contributed by atoms with Crippen LogP contribution in [0.3, 0.4) is 0 Å². The van der Waals surface area contributed by atoms with Crippen molar-refractivity contribution < 1.29 is 9.47 Å². The fourth-order valence-electron chi connectivity index (χ4n) is 2.49. The molecule has 0 saturated heterocycles. The molecule has 0 radical (unpaired) electrons. The molecule has 0 fully saturated rings. The molecule has 0 saturated carbocycles. The lowest BCUT2D eigenvalue weighted by molar-refractivity contribution is 0.191. The first-order chi connectivity index (χ1) is 11.6. The second-order valence-corrected chi connectivity index (χ2v) is 6.16. The number of rotatable bonds is 10. The Morgan fingerprint density at radius 1 is 1.21 bits per heavy atom. The lowest BCUT2D eigenvalue weighted by Crippen LogP contribution is -2.14. The molecule has 0 aliphatic carbocycles. The van der Waals surface area contributed by atoms with Crippen LogP contribution in [-0.4, -0.2) is 38.6 Å². The highest BCUT2D eigenvalue weighted by atomic mass is 35.5. The number of aryl methyl sites for hydroxylation is 1. The molecule has 2 N–H and O–H groups in total. The van der Waals surface area contributed by atoms with Crippen LogP contribution in [0.5, 0.6) is 12.0 Å². The number of halogens is 1. The summed E-state index contributed by atoms with van der Waals surface area (Å²) in [5, 5.41) is 0. The topological polar surface area (TPSA) is 88.1 Å². The Labute approximate surface area is 147 Å². The average Bonchev–Trinajstić information content (AvgIpc) is 2.92. The first-order valence-electron chi connectivity index (χ1n) is 8.41. The third kappa shape index (κ3) is 4.41. The predicted octanol–water partition coefficient (Wildman–Crippen LogP) is 3.39. The lowest BCUT2D eigenvalue weighted by atomic mass is 10.2. The van der Waals surface area contributed by atoms with Crippen molar-refractivity contribution in [1.29, 1.82) is 0 Å². The van der Waals surface area contributed by atoms with Crippen LogP contribution in [0.1, 0.15) is 46.0 Å². The molecule has 0 aromatic carbocycles. The van der Waals surface area contributed by atoms with Crippen molar-refractivity contribution in [3.05, 3.63) is 0 Å². The number of hydrogen-bond acceptors (Lipinski definition) is 6. The molecule has 0 unspecified atom stereocenters. The van der Waals surface area contributed by atoms with E-state index in [0.29, 0.717) is 35.4 Å². The van der Waals surface area contributed by atoms with Crippen molar-refractivity contribution in [2.24, 2.45) is 0 Å². The molecule has 2 rings (SSSR count). The van der Waals surface area contributed by atoms with Crippen LogP contribution in [0.15, 0.2) is 0 Å². The van der Waals surface area contributed by atoms with E-state index >= 15 is 0 Å². The number of nitrogens with zero attached hydrogens (tertiary/aromatic N) is 4. The van der Waals surface area contributed by atoms with Crippen LogP contribution in [0.2, 0.25) is 0 Å². The molecule has 2 aromatic rings. The molecule has 24 heavy (non-hydrogen) atoms. The van der Waals surface area contributed by atoms with E-state index in [4.69, 9.17) is 26.8 Å². The van der Waals surface area contributed by atoms with Crippen LogP contribution in [0, 0.1) is 0 Å². The predicted molar refractivity (Wildman–Crippen MR) is 95.9 cm³/mol. The molecule has 7 nitrogen and oxygen atoms in total. The number of unbranched alkanes of at least 4 members (excludes halogenated alkanes) is 2. The van der Waals surface area contributed by atoms with E-state index in [1.54, 1.807) is 7.11 Å². The van der Waals surface area contributed by atoms with Crippen LogP contribution in [0.4, 0.5) is 5.82 Å². The Kier molecular flexibility index (Phi) is 6.90. The summed E-state index contributed by atoms with van der Waals surface area (Å²) in [7, 11) is 1.58. The quantitative estimate of drug-likeness (QED) is 0.519. The van der Waals surface area contributed by atoms with Crippen LogP contribution in [0.25, 0.3) is 11.2 Å². The number of methoxy groups -OCH3 is 1. The van der Waals surface area contributed by atoms with Gasteiger partial charge in [0.05, 0.1) is 13.2 Å². The van der Waals surface area contributed by atoms with Crippen LogP contribution >= 0.6 is 11.6 Å². The minimum absolute atomic E-state index is 0.0383. The monoisotopic (exact) mass is 355 g/mol. The van der Waals surface area contributed by atoms with Gasteiger partial charge in [-0.3, -0.25) is 4.57 Å². The van der Waals surface area contributed by atoms with Gasteiger partial charge in [0.2, 0.25) is 0 Å². The van der Waals surface area contributed by atoms with Crippen molar-refractivity contribution in [3.63, 3.8) is 0 Å². The second-order valence-electron chi connectivity index (χ2n) is 5.78. The molecule has 0 amide bonds. The summed E-state index contributed by atoms with van der Waals surface area (Å²) in [6.07, 6.45) is 5.02. The fourth-order valence-corrected chi connectivity index (χ4v) is 2.68. The first kappa shape index (κ1) is 18.6. The molecule has 1 atom stereocenters. The van der Waals surface area contributed by atoms with E-state index in [2.05, 4.69) is 21.9 Å². The Balaban J connectivity index is 2.30. The normalized spacial score (nSPS) is 12.5. The van der Waals surface area contributed by atoms with Gasteiger partial charge in [0.15, 0.2) is 17.0 Å². The molecule has 0 spiro atoms. The van der Waals surface area contributed by atoms with Crippen molar-refractivity contribution in [2.45, 2.75) is 58.6 Å². The third-order valence-corrected chi connectivity index (χ3v) is 4.05. The number of nitrogens with two attached hydrogens (primary N) is 1. The van der Waals surface area contributed by atoms with Gasteiger partial charge in [0.1, 0.15) is 0 Å². The van der Waals surface area contributed by atoms with Gasteiger partial charge in [-0.05, 0) is 26.2 Å². The summed E-state index contributed by atoms with van der Waals surface area (Å²) >= 11 is 5.76. The SMILES string of the molecule is CCCC[C@H](C)Oc1nc(N)c2nc(OC)n(CCCCCl)c2n1. The van der Waals surface area contributed by atoms with Crippen molar-refractivity contribution in [1.82, 2.24) is 19.5 Å². The molecule has 8 heteroatoms. The molecule has 134 valence electrons. The Morgan fingerprint density at radius 2 is 2.00 bits per heavy atom. The van der Waals surface area contributed by atoms with Gasteiger partial charge in [0, 0.05) is 12.4 Å². The van der Waals surface area contributed by atoms with Crippen molar-refractivity contribution in [2.75, 3.05) is 18.7 Å². The fraction of sp³-hybridized carbons (Fsp3) is 0.688. The highest BCUT2D eigenvalue weighted by molar-refractivity contribution is 6.17. The van der Waals surface area contributed by atoms with Crippen LogP contribution < -0.4 is 15.2 Å². The maximum Gasteiger partial charge on any atom is 0.320 e. The van der Waals surface area contributed by atoms with Gasteiger partial charge in [-0.25, -0.2) is 0 Å². The smallest absolute Gasteiger partial charge is 0.320 e. The number of alkyl halides is 1. The van der Waals surface area contributed by atoms with Gasteiger partial charge in [-0.2, -0.15) is 15.0 Å². The maximum atomic E-state index is 6.04. The largest absolute Gasteiger partial charge is 0.468 e. The number of fused-ring (bicyclic) bond motifs is 1. The highest BCUT2D eigenvalue weighted by Crippen LogP contribution is 2.26. The molecule has 2 aromatic heterocycles. The summed E-state index contributed by atoms with van der Waals surface area (Å²) in [4.78, 5) is 13.1. The number of imidazole rings is 1. The zero-order valence-corrected chi connectivity index (χ0v) is 15.3. The zero-order valence-electron chi connectivity index (χ0n) is 14.6. The number of nitrogen functional groups attached to an aromatic ring is 1. The van der Waals surface area contributed by atoms with Crippen molar-refractivity contribution >= 4 is 28.6 Å². The number of hydrogen-bond donors (Lipinski definition) is 1. The number of anilines is 1. The maximum absolute atomic E-state index is 6.04. The number of aromatic nitrogens is 4. The zero-order chi connectivity index (χ0) is 17.5. The van der Waals surface area contributed by atoms with E-state index in [1.165, 1.54) is 0 Å². The first-order valence-corrected chi connectivity index (χ1v) is 8.94. The average molecular weight is 356 g/mol. The van der Waals surface area contributed by atoms with Gasteiger partial charge in [0.25, 0.3) is 6.01 Å². The summed E-state index contributed by atoms with van der Waals surface area (Å²) < 4.78 is 13.1. The van der Waals surface area contributed by atoms with E-state index in [0.717, 1.165) is 32.1 Å². The van der Waals surface area contributed by atoms with Gasteiger partial charge in [-0.15, -0.1) is 11.6 Å². The minimum atomic E-state index is 0.0383. The summed E-state index contributed by atoms with van der Waals surface area (Å²) in [5.74, 6) is 0.919. The second kappa shape index (κ2) is 8.92. The Bertz CT molecular complexity index is 661. The minimum Gasteiger partial charge on any atom is -0.468 e. The summed E-state index contributed by atoms with van der Waals surface area (Å²) in [5.41, 5.74) is 7.21. The van der Waals surface area contributed by atoms with Crippen LogP contribution in [-0.2, 0) is 6.54 Å². The molecule has 0 aliphatic rings. The Hall–Kier alpha value is -1.76. The van der Waals surface area contributed by atoms with E-state index in [-0.39, 0.29) is 12.1 Å². The molecular weight excluding hydrogens is 330 g/mol. The molecule has 0 bridgehead atoms. The van der Waals surface area contributed by atoms with E-state index in [9.17, 15) is 0 Å². The van der Waals surface area contributed by atoms with Gasteiger partial charge >= 0.3 is 6.01 Å². The highest BCUT2D eigenvalue weighted by Gasteiger charge is 2.18. The van der Waals surface area contributed by atoms with Gasteiger partial charge in [-0.1, -0.05) is 19.8 Å². The summed E-state index contributed by atoms with van der Waals surface area (Å²) in [6, 6.07) is 0.751. The van der Waals surface area contributed by atoms with Gasteiger partial charge < -0.3 is 15.2 Å². The molecule has 2 heterocycles. The van der Waals surface area contributed by atoms with Crippen molar-refractivity contribution in [3.8, 4) is 12.0 Å². The summed E-state index contributed by atoms with van der Waals surface area (Å²) in [6.45, 7) is 4.87. The molecular formula is C16H26ClN5O2. The molecule has 0 aliphatic heterocycles. The lowest BCUT2D eigenvalue weighted by Gasteiger charge is -2.13. The van der Waals surface area contributed by atoms with E-state index in [1.807, 2.05) is 11.5 Å². The third-order valence-electron chi connectivity index (χ3n) is 3.78. The Morgan fingerprint density at radius 3 is 2.67 bits per heavy atom.